The van der Waals surface area contributed by atoms with E-state index in [1.54, 1.807) is 25.1 Å². The van der Waals surface area contributed by atoms with E-state index in [-0.39, 0.29) is 28.2 Å². The Bertz CT molecular complexity index is 1120. The smallest absolute Gasteiger partial charge is 0.237 e. The molecule has 3 rings (SSSR count). The number of amides is 2. The lowest BCUT2D eigenvalue weighted by Crippen LogP contribution is -2.26. The second-order valence-corrected chi connectivity index (χ2v) is 10.4. The predicted molar refractivity (Wildman–Crippen MR) is 122 cm³/mol. The molecule has 0 saturated heterocycles. The Balaban J connectivity index is 1.70. The summed E-state index contributed by atoms with van der Waals surface area (Å²) < 4.78 is 41.2. The minimum absolute atomic E-state index is 0.0484. The molecule has 0 unspecified atom stereocenters. The predicted octanol–water partition coefficient (Wildman–Crippen LogP) is 2.95. The highest BCUT2D eigenvalue weighted by Gasteiger charge is 2.25. The van der Waals surface area contributed by atoms with Gasteiger partial charge in [0.15, 0.2) is 21.3 Å². The summed E-state index contributed by atoms with van der Waals surface area (Å²) >= 11 is 1.37. The average molecular weight is 481 g/mol. The third-order valence-corrected chi connectivity index (χ3v) is 7.68. The Kier molecular flexibility index (Phi) is 7.19. The van der Waals surface area contributed by atoms with Gasteiger partial charge >= 0.3 is 0 Å². The maximum Gasteiger partial charge on any atom is 0.237 e. The Morgan fingerprint density at radius 1 is 1.09 bits per heavy atom. The van der Waals surface area contributed by atoms with Crippen LogP contribution in [-0.4, -0.2) is 52.6 Å². The van der Waals surface area contributed by atoms with Gasteiger partial charge in [-0.05, 0) is 25.1 Å². The molecular weight excluding hydrogens is 456 g/mol. The third kappa shape index (κ3) is 5.10. The number of ether oxygens (including phenoxy) is 3. The number of sulfone groups is 1. The van der Waals surface area contributed by atoms with E-state index in [2.05, 4.69) is 10.6 Å². The lowest BCUT2D eigenvalue weighted by Gasteiger charge is -2.21. The number of methoxy groups -OCH3 is 3. The van der Waals surface area contributed by atoms with Crippen LogP contribution in [0.5, 0.6) is 17.2 Å². The second kappa shape index (κ2) is 9.70. The normalized spacial score (nSPS) is 15.4. The van der Waals surface area contributed by atoms with Crippen LogP contribution in [0.1, 0.15) is 13.3 Å². The fourth-order valence-corrected chi connectivity index (χ4v) is 5.30. The number of anilines is 2. The van der Waals surface area contributed by atoms with Gasteiger partial charge in [-0.15, -0.1) is 11.8 Å². The first-order chi connectivity index (χ1) is 15.2. The molecule has 0 fully saturated rings. The SMILES string of the molecule is COc1cc(NC(=O)CCS(=O)(=O)c2ccc3c(c2)NC(=O)[C@H](C)S3)cc(OC)c1OC. The fraction of sp³-hybridized carbons (Fsp3) is 0.333. The number of thioether (sulfide) groups is 1. The van der Waals surface area contributed by atoms with E-state index >= 15 is 0 Å². The molecule has 0 saturated carbocycles. The molecule has 2 amide bonds. The van der Waals surface area contributed by atoms with Crippen molar-refractivity contribution in [3.8, 4) is 17.2 Å². The van der Waals surface area contributed by atoms with Crippen LogP contribution in [-0.2, 0) is 19.4 Å². The number of rotatable bonds is 8. The quantitative estimate of drug-likeness (QED) is 0.592. The Morgan fingerprint density at radius 3 is 2.34 bits per heavy atom. The summed E-state index contributed by atoms with van der Waals surface area (Å²) in [6.07, 6.45) is -0.256. The summed E-state index contributed by atoms with van der Waals surface area (Å²) in [5, 5.41) is 5.11. The first-order valence-corrected chi connectivity index (χ1v) is 12.2. The molecule has 0 aromatic heterocycles. The van der Waals surface area contributed by atoms with Crippen LogP contribution >= 0.6 is 11.8 Å². The van der Waals surface area contributed by atoms with Crippen molar-refractivity contribution in [1.29, 1.82) is 0 Å². The van der Waals surface area contributed by atoms with Gasteiger partial charge in [0, 0.05) is 29.1 Å². The van der Waals surface area contributed by atoms with Crippen molar-refractivity contribution >= 4 is 44.8 Å². The van der Waals surface area contributed by atoms with Crippen molar-refractivity contribution in [2.45, 2.75) is 28.4 Å². The van der Waals surface area contributed by atoms with Crippen molar-refractivity contribution in [2.24, 2.45) is 0 Å². The highest BCUT2D eigenvalue weighted by Crippen LogP contribution is 2.40. The number of fused-ring (bicyclic) bond motifs is 1. The van der Waals surface area contributed by atoms with Gasteiger partial charge in [-0.1, -0.05) is 0 Å². The first-order valence-electron chi connectivity index (χ1n) is 9.62. The number of benzene rings is 2. The zero-order valence-corrected chi connectivity index (χ0v) is 19.7. The summed E-state index contributed by atoms with van der Waals surface area (Å²) in [4.78, 5) is 25.1. The number of carbonyl (C=O) groups is 2. The van der Waals surface area contributed by atoms with Crippen LogP contribution < -0.4 is 24.8 Å². The Morgan fingerprint density at radius 2 is 1.75 bits per heavy atom. The van der Waals surface area contributed by atoms with Gasteiger partial charge in [-0.2, -0.15) is 0 Å². The van der Waals surface area contributed by atoms with Gasteiger partial charge in [-0.25, -0.2) is 8.42 Å². The number of hydrogen-bond donors (Lipinski definition) is 2. The molecule has 0 bridgehead atoms. The van der Waals surface area contributed by atoms with E-state index in [0.29, 0.717) is 28.6 Å². The molecule has 0 aliphatic carbocycles. The first kappa shape index (κ1) is 23.7. The minimum Gasteiger partial charge on any atom is -0.493 e. The van der Waals surface area contributed by atoms with Crippen LogP contribution in [0.2, 0.25) is 0 Å². The molecule has 2 aromatic carbocycles. The molecule has 1 aliphatic rings. The number of nitrogens with one attached hydrogen (secondary N) is 2. The van der Waals surface area contributed by atoms with E-state index in [0.717, 1.165) is 4.90 Å². The zero-order valence-electron chi connectivity index (χ0n) is 18.1. The molecule has 0 spiro atoms. The molecule has 172 valence electrons. The standard InChI is InChI=1S/C21H24N2O7S2/c1-12-21(25)23-15-11-14(5-6-18(15)31-12)32(26,27)8-7-19(24)22-13-9-16(28-2)20(30-4)17(10-13)29-3/h5-6,9-12H,7-8H2,1-4H3,(H,22,24)(H,23,25)/t12-/m0/s1. The third-order valence-electron chi connectivity index (χ3n) is 4.79. The average Bonchev–Trinajstić information content (AvgIpc) is 2.77. The summed E-state index contributed by atoms with van der Waals surface area (Å²) in [7, 11) is 0.636. The van der Waals surface area contributed by atoms with Gasteiger partial charge < -0.3 is 24.8 Å². The molecule has 1 heterocycles. The summed E-state index contributed by atoms with van der Waals surface area (Å²) in [5.74, 6) is 0.0403. The molecule has 32 heavy (non-hydrogen) atoms. The van der Waals surface area contributed by atoms with E-state index in [9.17, 15) is 18.0 Å². The Hall–Kier alpha value is -2.92. The molecule has 1 atom stereocenters. The maximum absolute atomic E-state index is 12.7. The zero-order chi connectivity index (χ0) is 23.5. The van der Waals surface area contributed by atoms with Crippen LogP contribution in [0.15, 0.2) is 40.1 Å². The number of carbonyl (C=O) groups excluding carboxylic acids is 2. The minimum atomic E-state index is -3.74. The van der Waals surface area contributed by atoms with Crippen molar-refractivity contribution in [3.05, 3.63) is 30.3 Å². The molecule has 2 N–H and O–H groups in total. The Labute approximate surface area is 190 Å². The maximum atomic E-state index is 12.7. The molecule has 11 heteroatoms. The molecule has 1 aliphatic heterocycles. The number of hydrogen-bond acceptors (Lipinski definition) is 8. The summed E-state index contributed by atoms with van der Waals surface area (Å²) in [6.45, 7) is 1.78. The van der Waals surface area contributed by atoms with Crippen LogP contribution in [0.25, 0.3) is 0 Å². The van der Waals surface area contributed by atoms with Gasteiger partial charge in [0.1, 0.15) is 0 Å². The van der Waals surface area contributed by atoms with E-state index < -0.39 is 15.7 Å². The molecule has 2 aromatic rings. The van der Waals surface area contributed by atoms with Crippen molar-refractivity contribution in [3.63, 3.8) is 0 Å². The topological polar surface area (TPSA) is 120 Å². The lowest BCUT2D eigenvalue weighted by atomic mass is 10.2. The van der Waals surface area contributed by atoms with E-state index in [4.69, 9.17) is 14.2 Å². The van der Waals surface area contributed by atoms with Crippen molar-refractivity contribution in [1.82, 2.24) is 0 Å². The highest BCUT2D eigenvalue weighted by atomic mass is 32.2. The van der Waals surface area contributed by atoms with Crippen LogP contribution in [0.4, 0.5) is 11.4 Å². The van der Waals surface area contributed by atoms with Crippen LogP contribution in [0, 0.1) is 0 Å². The highest BCUT2D eigenvalue weighted by molar-refractivity contribution is 8.01. The fourth-order valence-electron chi connectivity index (χ4n) is 3.10. The summed E-state index contributed by atoms with van der Waals surface area (Å²) in [6, 6.07) is 7.69. The monoisotopic (exact) mass is 480 g/mol. The van der Waals surface area contributed by atoms with Gasteiger partial charge in [0.25, 0.3) is 0 Å². The van der Waals surface area contributed by atoms with Crippen LogP contribution in [0.3, 0.4) is 0 Å². The molecular formula is C21H24N2O7S2. The van der Waals surface area contributed by atoms with Crippen molar-refractivity contribution in [2.75, 3.05) is 37.7 Å². The lowest BCUT2D eigenvalue weighted by molar-refractivity contribution is -0.116. The largest absolute Gasteiger partial charge is 0.493 e. The molecule has 0 radical (unpaired) electrons. The van der Waals surface area contributed by atoms with Gasteiger partial charge in [0.2, 0.25) is 17.6 Å². The van der Waals surface area contributed by atoms with Gasteiger partial charge in [-0.3, -0.25) is 9.59 Å². The van der Waals surface area contributed by atoms with Crippen molar-refractivity contribution < 1.29 is 32.2 Å². The second-order valence-electron chi connectivity index (χ2n) is 6.94. The van der Waals surface area contributed by atoms with E-state index in [1.165, 1.54) is 45.2 Å². The van der Waals surface area contributed by atoms with E-state index in [1.807, 2.05) is 0 Å². The summed E-state index contributed by atoms with van der Waals surface area (Å²) in [5.41, 5.74) is 0.839. The molecule has 9 nitrogen and oxygen atoms in total. The van der Waals surface area contributed by atoms with Gasteiger partial charge in [0.05, 0.1) is 42.9 Å².